The molecular weight excluding hydrogens is 313 g/mol. The second kappa shape index (κ2) is 6.44. The van der Waals surface area contributed by atoms with Crippen molar-refractivity contribution in [3.63, 3.8) is 0 Å². The summed E-state index contributed by atoms with van der Waals surface area (Å²) in [6.45, 7) is -0.528. The van der Waals surface area contributed by atoms with Gasteiger partial charge in [-0.25, -0.2) is 17.6 Å². The van der Waals surface area contributed by atoms with Crippen molar-refractivity contribution in [3.05, 3.63) is 54.3 Å². The van der Waals surface area contributed by atoms with Crippen molar-refractivity contribution >= 4 is 21.7 Å². The van der Waals surface area contributed by atoms with Crippen molar-refractivity contribution in [3.8, 4) is 5.75 Å². The number of halogens is 1. The Morgan fingerprint density at radius 2 is 1.77 bits per heavy atom. The van der Waals surface area contributed by atoms with Gasteiger partial charge in [0.2, 0.25) is 0 Å². The van der Waals surface area contributed by atoms with E-state index in [1.54, 1.807) is 0 Å². The molecule has 0 spiro atoms. The Labute approximate surface area is 126 Å². The first kappa shape index (κ1) is 15.8. The van der Waals surface area contributed by atoms with Crippen LogP contribution < -0.4 is 9.46 Å². The van der Waals surface area contributed by atoms with Gasteiger partial charge >= 0.3 is 5.97 Å². The Morgan fingerprint density at radius 3 is 2.36 bits per heavy atom. The molecule has 116 valence electrons. The van der Waals surface area contributed by atoms with Crippen LogP contribution in [0.25, 0.3) is 0 Å². The number of para-hydroxylation sites is 1. The number of hydrogen-bond acceptors (Lipinski definition) is 4. The number of carbonyl (C=O) groups is 1. The van der Waals surface area contributed by atoms with Gasteiger partial charge in [0.1, 0.15) is 11.6 Å². The van der Waals surface area contributed by atoms with Crippen LogP contribution in [-0.4, -0.2) is 26.1 Å². The molecule has 0 aliphatic heterocycles. The molecule has 6 nitrogen and oxygen atoms in total. The molecule has 2 aromatic rings. The van der Waals surface area contributed by atoms with E-state index in [9.17, 15) is 17.6 Å². The molecule has 0 radical (unpaired) electrons. The molecule has 8 heteroatoms. The van der Waals surface area contributed by atoms with Crippen LogP contribution in [0.3, 0.4) is 0 Å². The third kappa shape index (κ3) is 3.95. The lowest BCUT2D eigenvalue weighted by molar-refractivity contribution is -0.139. The number of sulfonamides is 1. The highest BCUT2D eigenvalue weighted by Crippen LogP contribution is 2.20. The normalized spacial score (nSPS) is 11.0. The fourth-order valence-corrected chi connectivity index (χ4v) is 2.68. The molecule has 0 aromatic heterocycles. The lowest BCUT2D eigenvalue weighted by Crippen LogP contribution is -2.14. The molecule has 22 heavy (non-hydrogen) atoms. The zero-order valence-corrected chi connectivity index (χ0v) is 12.0. The maximum atomic E-state index is 13.5. The number of aliphatic carboxylic acids is 1. The maximum absolute atomic E-state index is 13.5. The van der Waals surface area contributed by atoms with Gasteiger partial charge in [-0.05, 0) is 36.4 Å². The molecule has 0 aliphatic carbocycles. The number of carboxylic acids is 1. The quantitative estimate of drug-likeness (QED) is 0.848. The molecule has 0 amide bonds. The molecule has 0 fully saturated rings. The summed E-state index contributed by atoms with van der Waals surface area (Å²) in [4.78, 5) is 10.3. The Bertz CT molecular complexity index is 774. The molecule has 0 saturated carbocycles. The van der Waals surface area contributed by atoms with Crippen LogP contribution in [-0.2, 0) is 14.8 Å². The van der Waals surface area contributed by atoms with E-state index in [1.807, 2.05) is 0 Å². The molecule has 0 heterocycles. The smallest absolute Gasteiger partial charge is 0.341 e. The van der Waals surface area contributed by atoms with Crippen molar-refractivity contribution in [2.24, 2.45) is 0 Å². The van der Waals surface area contributed by atoms with Crippen molar-refractivity contribution in [2.75, 3.05) is 11.3 Å². The summed E-state index contributed by atoms with van der Waals surface area (Å²) >= 11 is 0. The first-order valence-electron chi connectivity index (χ1n) is 6.10. The third-order valence-corrected chi connectivity index (χ3v) is 4.00. The summed E-state index contributed by atoms with van der Waals surface area (Å²) in [5, 5.41) is 8.48. The van der Waals surface area contributed by atoms with Crippen molar-refractivity contribution in [2.45, 2.75) is 4.90 Å². The fourth-order valence-electron chi connectivity index (χ4n) is 1.61. The van der Waals surface area contributed by atoms with Gasteiger partial charge in [-0.2, -0.15) is 0 Å². The van der Waals surface area contributed by atoms with E-state index >= 15 is 0 Å². The predicted octanol–water partition coefficient (Wildman–Crippen LogP) is 2.09. The van der Waals surface area contributed by atoms with Crippen molar-refractivity contribution < 1.29 is 27.4 Å². The number of anilines is 1. The number of carboxylic acid groups (broad SMARTS) is 1. The Kier molecular flexibility index (Phi) is 4.62. The lowest BCUT2D eigenvalue weighted by Gasteiger charge is -2.09. The molecule has 0 atom stereocenters. The van der Waals surface area contributed by atoms with Crippen molar-refractivity contribution in [1.29, 1.82) is 0 Å². The molecule has 0 aliphatic rings. The van der Waals surface area contributed by atoms with Crippen molar-refractivity contribution in [1.82, 2.24) is 0 Å². The number of ether oxygens (including phenoxy) is 1. The molecular formula is C14H12FNO5S. The Morgan fingerprint density at radius 1 is 1.14 bits per heavy atom. The highest BCUT2D eigenvalue weighted by molar-refractivity contribution is 7.92. The molecule has 0 saturated heterocycles. The Hall–Kier alpha value is -2.61. The van der Waals surface area contributed by atoms with E-state index in [-0.39, 0.29) is 16.3 Å². The van der Waals surface area contributed by atoms with E-state index in [0.29, 0.717) is 0 Å². The van der Waals surface area contributed by atoms with E-state index in [1.165, 1.54) is 42.5 Å². The fraction of sp³-hybridized carbons (Fsp3) is 0.0714. The largest absolute Gasteiger partial charge is 0.482 e. The molecule has 2 N–H and O–H groups in total. The average molecular weight is 325 g/mol. The number of benzene rings is 2. The van der Waals surface area contributed by atoms with Crippen LogP contribution in [0.1, 0.15) is 0 Å². The van der Waals surface area contributed by atoms with E-state index in [2.05, 4.69) is 4.72 Å². The number of hydrogen-bond donors (Lipinski definition) is 2. The molecule has 0 unspecified atom stereocenters. The highest BCUT2D eigenvalue weighted by Gasteiger charge is 2.16. The van der Waals surface area contributed by atoms with E-state index < -0.39 is 28.4 Å². The molecule has 0 bridgehead atoms. The lowest BCUT2D eigenvalue weighted by atomic mass is 10.3. The van der Waals surface area contributed by atoms with Crippen LogP contribution in [0.5, 0.6) is 5.75 Å². The average Bonchev–Trinajstić information content (AvgIpc) is 2.48. The number of nitrogens with one attached hydrogen (secondary N) is 1. The van der Waals surface area contributed by atoms with Crippen LogP contribution in [0.2, 0.25) is 0 Å². The van der Waals surface area contributed by atoms with E-state index in [4.69, 9.17) is 9.84 Å². The van der Waals surface area contributed by atoms with Gasteiger partial charge in [-0.3, -0.25) is 4.72 Å². The summed E-state index contributed by atoms with van der Waals surface area (Å²) in [6, 6.07) is 10.5. The first-order valence-corrected chi connectivity index (χ1v) is 7.59. The van der Waals surface area contributed by atoms with Crippen LogP contribution in [0, 0.1) is 5.82 Å². The monoisotopic (exact) mass is 325 g/mol. The van der Waals surface area contributed by atoms with Gasteiger partial charge in [-0.15, -0.1) is 0 Å². The minimum absolute atomic E-state index is 0.0987. The first-order chi connectivity index (χ1) is 10.4. The summed E-state index contributed by atoms with van der Waals surface area (Å²) in [5.74, 6) is -1.61. The standard InChI is InChI=1S/C14H12FNO5S/c15-12-3-1-2-4-13(12)16-22(19,20)11-7-5-10(6-8-11)21-9-14(17)18/h1-8,16H,9H2,(H,17,18). The van der Waals surface area contributed by atoms with Crippen LogP contribution >= 0.6 is 0 Å². The van der Waals surface area contributed by atoms with Crippen LogP contribution in [0.4, 0.5) is 10.1 Å². The van der Waals surface area contributed by atoms with E-state index in [0.717, 1.165) is 6.07 Å². The van der Waals surface area contributed by atoms with Gasteiger partial charge in [0.25, 0.3) is 10.0 Å². The van der Waals surface area contributed by atoms with Gasteiger partial charge in [0.15, 0.2) is 6.61 Å². The summed E-state index contributed by atoms with van der Waals surface area (Å²) in [6.07, 6.45) is 0. The minimum Gasteiger partial charge on any atom is -0.482 e. The zero-order valence-electron chi connectivity index (χ0n) is 11.2. The van der Waals surface area contributed by atoms with Gasteiger partial charge in [0.05, 0.1) is 10.6 Å². The maximum Gasteiger partial charge on any atom is 0.341 e. The van der Waals surface area contributed by atoms with Crippen LogP contribution in [0.15, 0.2) is 53.4 Å². The molecule has 2 aromatic carbocycles. The number of rotatable bonds is 6. The zero-order chi connectivity index (χ0) is 16.2. The topological polar surface area (TPSA) is 92.7 Å². The summed E-state index contributed by atoms with van der Waals surface area (Å²) in [5.41, 5.74) is -0.159. The van der Waals surface area contributed by atoms with Gasteiger partial charge in [0, 0.05) is 0 Å². The predicted molar refractivity (Wildman–Crippen MR) is 76.8 cm³/mol. The Balaban J connectivity index is 2.16. The van der Waals surface area contributed by atoms with Gasteiger partial charge < -0.3 is 9.84 Å². The minimum atomic E-state index is -3.95. The summed E-state index contributed by atoms with van der Waals surface area (Å²) in [7, 11) is -3.95. The second-order valence-electron chi connectivity index (χ2n) is 4.24. The van der Waals surface area contributed by atoms with Gasteiger partial charge in [-0.1, -0.05) is 12.1 Å². The summed E-state index contributed by atoms with van der Waals surface area (Å²) < 4.78 is 44.7. The second-order valence-corrected chi connectivity index (χ2v) is 5.92. The highest BCUT2D eigenvalue weighted by atomic mass is 32.2. The SMILES string of the molecule is O=C(O)COc1ccc(S(=O)(=O)Nc2ccccc2F)cc1. The molecule has 2 rings (SSSR count). The third-order valence-electron chi connectivity index (χ3n) is 2.61.